The monoisotopic (exact) mass is 717 g/mol. The fourth-order valence-electron chi connectivity index (χ4n) is 8.29. The molecule has 8 aromatic carbocycles. The molecule has 5 nitrogen and oxygen atoms in total. The van der Waals surface area contributed by atoms with Crippen LogP contribution in [0.5, 0.6) is 0 Å². The summed E-state index contributed by atoms with van der Waals surface area (Å²) in [5.74, 6) is 1.42. The third-order valence-electron chi connectivity index (χ3n) is 11.0. The first-order chi connectivity index (χ1) is 27.8. The number of benzene rings is 8. The zero-order valence-corrected chi connectivity index (χ0v) is 30.4. The number of nitrogens with zero attached hydrogens (tertiary/aromatic N) is 4. The summed E-state index contributed by atoms with van der Waals surface area (Å²) < 4.78 is 4.64. The second-order valence-corrected chi connectivity index (χ2v) is 14.3. The van der Waals surface area contributed by atoms with Crippen molar-refractivity contribution in [3.8, 4) is 27.9 Å². The Hall–Kier alpha value is -7.50. The van der Waals surface area contributed by atoms with Crippen molar-refractivity contribution < 1.29 is 0 Å². The van der Waals surface area contributed by atoms with Crippen molar-refractivity contribution in [3.05, 3.63) is 211 Å². The molecule has 0 saturated carbocycles. The maximum atomic E-state index is 5.39. The van der Waals surface area contributed by atoms with Gasteiger partial charge in [0.05, 0.1) is 22.1 Å². The zero-order valence-electron chi connectivity index (χ0n) is 30.4. The smallest absolute Gasteiger partial charge is 0.234 e. The molecule has 0 spiro atoms. The number of aromatic nitrogens is 2. The number of rotatable bonds is 5. The van der Waals surface area contributed by atoms with E-state index < -0.39 is 0 Å². The Morgan fingerprint density at radius 1 is 0.375 bits per heavy atom. The lowest BCUT2D eigenvalue weighted by Gasteiger charge is -2.24. The van der Waals surface area contributed by atoms with Crippen LogP contribution in [0.15, 0.2) is 210 Å². The predicted octanol–water partition coefficient (Wildman–Crippen LogP) is 12.2. The van der Waals surface area contributed by atoms with E-state index in [1.807, 2.05) is 12.1 Å². The van der Waals surface area contributed by atoms with Crippen LogP contribution in [0.2, 0.25) is 0 Å². The van der Waals surface area contributed by atoms with Crippen molar-refractivity contribution in [1.29, 1.82) is 0 Å². The van der Waals surface area contributed by atoms with E-state index in [9.17, 15) is 0 Å². The average molecular weight is 718 g/mol. The summed E-state index contributed by atoms with van der Waals surface area (Å²) in [6.45, 7) is 0. The van der Waals surface area contributed by atoms with Crippen LogP contribution in [0, 0.1) is 0 Å². The molecule has 0 amide bonds. The minimum Gasteiger partial charge on any atom is -0.344 e. The highest BCUT2D eigenvalue weighted by Gasteiger charge is 2.25. The molecular formula is C51H35N5. The number of hydrogen-bond acceptors (Lipinski definition) is 3. The molecule has 1 aliphatic heterocycles. The van der Waals surface area contributed by atoms with Crippen molar-refractivity contribution in [2.45, 2.75) is 6.17 Å². The predicted molar refractivity (Wildman–Crippen MR) is 233 cm³/mol. The Morgan fingerprint density at radius 2 is 0.839 bits per heavy atom. The SMILES string of the molecule is c1ccc(C2=NC(n3c4ccccc4c4cc5c6ccccc6n(-c6ccc(-c7ccccc7)cc6)c5cc43)=NC(c3ccc(-c4ccccc4)cc3)N2)cc1. The maximum Gasteiger partial charge on any atom is 0.234 e. The van der Waals surface area contributed by atoms with Gasteiger partial charge in [0.1, 0.15) is 12.0 Å². The molecule has 10 aromatic rings. The minimum absolute atomic E-state index is 0.350. The van der Waals surface area contributed by atoms with E-state index in [4.69, 9.17) is 9.98 Å². The quantitative estimate of drug-likeness (QED) is 0.189. The first kappa shape index (κ1) is 32.0. The highest BCUT2D eigenvalue weighted by molar-refractivity contribution is 6.22. The summed E-state index contributed by atoms with van der Waals surface area (Å²) in [5.41, 5.74) is 12.4. The van der Waals surface area contributed by atoms with Gasteiger partial charge in [0.15, 0.2) is 0 Å². The van der Waals surface area contributed by atoms with Gasteiger partial charge in [-0.3, -0.25) is 4.57 Å². The van der Waals surface area contributed by atoms with Crippen molar-refractivity contribution in [1.82, 2.24) is 14.5 Å². The Bertz CT molecular complexity index is 3120. The van der Waals surface area contributed by atoms with Gasteiger partial charge >= 0.3 is 0 Å². The third kappa shape index (κ3) is 5.32. The first-order valence-electron chi connectivity index (χ1n) is 19.0. The Kier molecular flexibility index (Phi) is 7.49. The molecule has 56 heavy (non-hydrogen) atoms. The van der Waals surface area contributed by atoms with Crippen molar-refractivity contribution >= 4 is 55.4 Å². The van der Waals surface area contributed by atoms with Crippen molar-refractivity contribution in [2.75, 3.05) is 0 Å². The molecule has 3 heterocycles. The number of aliphatic imine (C=N–C) groups is 2. The van der Waals surface area contributed by atoms with Gasteiger partial charge in [-0.25, -0.2) is 4.99 Å². The Balaban J connectivity index is 1.12. The molecule has 1 unspecified atom stereocenters. The number of para-hydroxylation sites is 2. The summed E-state index contributed by atoms with van der Waals surface area (Å²) in [6.07, 6.45) is -0.350. The van der Waals surface area contributed by atoms with Crippen LogP contribution in [0.3, 0.4) is 0 Å². The lowest BCUT2D eigenvalue weighted by atomic mass is 10.0. The summed E-state index contributed by atoms with van der Waals surface area (Å²) >= 11 is 0. The van der Waals surface area contributed by atoms with Gasteiger partial charge in [0.25, 0.3) is 0 Å². The third-order valence-corrected chi connectivity index (χ3v) is 11.0. The molecule has 0 bridgehead atoms. The van der Waals surface area contributed by atoms with Crippen LogP contribution in [-0.2, 0) is 0 Å². The number of fused-ring (bicyclic) bond motifs is 6. The fourth-order valence-corrected chi connectivity index (χ4v) is 8.29. The number of hydrogen-bond donors (Lipinski definition) is 1. The van der Waals surface area contributed by atoms with Gasteiger partial charge in [-0.05, 0) is 64.2 Å². The van der Waals surface area contributed by atoms with E-state index in [1.54, 1.807) is 0 Å². The van der Waals surface area contributed by atoms with E-state index in [-0.39, 0.29) is 6.17 Å². The first-order valence-corrected chi connectivity index (χ1v) is 19.0. The minimum atomic E-state index is -0.350. The normalized spacial score (nSPS) is 14.2. The highest BCUT2D eigenvalue weighted by atomic mass is 15.3. The van der Waals surface area contributed by atoms with Gasteiger partial charge in [-0.2, -0.15) is 4.99 Å². The topological polar surface area (TPSA) is 46.6 Å². The van der Waals surface area contributed by atoms with Crippen molar-refractivity contribution in [3.63, 3.8) is 0 Å². The summed E-state index contributed by atoms with van der Waals surface area (Å²) in [7, 11) is 0. The van der Waals surface area contributed by atoms with Gasteiger partial charge in [-0.15, -0.1) is 0 Å². The van der Waals surface area contributed by atoms with Crippen LogP contribution in [0.1, 0.15) is 17.3 Å². The van der Waals surface area contributed by atoms with Gasteiger partial charge in [-0.1, -0.05) is 164 Å². The van der Waals surface area contributed by atoms with Crippen LogP contribution in [-0.4, -0.2) is 20.9 Å². The molecule has 0 radical (unpaired) electrons. The lowest BCUT2D eigenvalue weighted by Crippen LogP contribution is -2.35. The highest BCUT2D eigenvalue weighted by Crippen LogP contribution is 2.39. The number of amidine groups is 1. The van der Waals surface area contributed by atoms with Crippen LogP contribution >= 0.6 is 0 Å². The molecule has 2 aromatic heterocycles. The molecule has 0 saturated heterocycles. The lowest BCUT2D eigenvalue weighted by molar-refractivity contribution is 0.668. The molecule has 0 fully saturated rings. The molecule has 1 atom stereocenters. The Morgan fingerprint density at radius 3 is 1.43 bits per heavy atom. The summed E-state index contributed by atoms with van der Waals surface area (Å²) in [6, 6.07) is 71.0. The van der Waals surface area contributed by atoms with Crippen LogP contribution in [0.25, 0.3) is 71.6 Å². The maximum absolute atomic E-state index is 5.39. The van der Waals surface area contributed by atoms with E-state index in [2.05, 4.69) is 203 Å². The largest absolute Gasteiger partial charge is 0.344 e. The van der Waals surface area contributed by atoms with E-state index in [1.165, 1.54) is 38.5 Å². The second kappa shape index (κ2) is 13.1. The second-order valence-electron chi connectivity index (χ2n) is 14.3. The molecule has 264 valence electrons. The van der Waals surface area contributed by atoms with Crippen LogP contribution in [0.4, 0.5) is 0 Å². The molecule has 1 N–H and O–H groups in total. The van der Waals surface area contributed by atoms with E-state index in [0.717, 1.165) is 50.0 Å². The average Bonchev–Trinajstić information content (AvgIpc) is 3.78. The standard InChI is InChI=1S/C51H35N5/c1-4-14-34(15-5-1)36-24-26-39(27-25-36)50-52-49(38-18-8-3-9-19-38)53-51(54-50)56-46-23-13-11-21-42(46)44-32-43-41-20-10-12-22-45(41)55(47(43)33-48(44)56)40-30-28-37(29-31-40)35-16-6-2-7-17-35/h1-33,50H,(H,52,53,54). The summed E-state index contributed by atoms with van der Waals surface area (Å²) in [5, 5.41) is 8.43. The summed E-state index contributed by atoms with van der Waals surface area (Å²) in [4.78, 5) is 10.7. The van der Waals surface area contributed by atoms with E-state index in [0.29, 0.717) is 5.96 Å². The molecular weight excluding hydrogens is 683 g/mol. The van der Waals surface area contributed by atoms with Gasteiger partial charge in [0.2, 0.25) is 5.96 Å². The molecule has 1 aliphatic rings. The Labute approximate surface area is 324 Å². The zero-order chi connectivity index (χ0) is 37.0. The van der Waals surface area contributed by atoms with Crippen LogP contribution < -0.4 is 5.32 Å². The number of nitrogens with one attached hydrogen (secondary N) is 1. The fraction of sp³-hybridized carbons (Fsp3) is 0.0196. The van der Waals surface area contributed by atoms with Gasteiger partial charge < -0.3 is 9.88 Å². The molecule has 11 rings (SSSR count). The van der Waals surface area contributed by atoms with E-state index >= 15 is 0 Å². The van der Waals surface area contributed by atoms with Crippen molar-refractivity contribution in [2.24, 2.45) is 9.98 Å². The molecule has 5 heteroatoms. The molecule has 0 aliphatic carbocycles. The van der Waals surface area contributed by atoms with Gasteiger partial charge in [0, 0.05) is 32.8 Å².